The van der Waals surface area contributed by atoms with Gasteiger partial charge in [-0.2, -0.15) is 0 Å². The molecule has 0 amide bonds. The zero-order chi connectivity index (χ0) is 14.4. The third-order valence-corrected chi connectivity index (χ3v) is 4.66. The van der Waals surface area contributed by atoms with E-state index in [4.69, 9.17) is 4.74 Å². The molecule has 0 spiro atoms. The van der Waals surface area contributed by atoms with E-state index in [1.54, 1.807) is 0 Å². The molecule has 0 heterocycles. The molecule has 0 radical (unpaired) electrons. The average Bonchev–Trinajstić information content (AvgIpc) is 2.36. The van der Waals surface area contributed by atoms with Crippen LogP contribution in [0, 0.1) is 0 Å². The molecule has 0 saturated heterocycles. The molecule has 1 aromatic carbocycles. The van der Waals surface area contributed by atoms with Crippen molar-refractivity contribution in [3.05, 3.63) is 34.3 Å². The minimum Gasteiger partial charge on any atom is -0.379 e. The van der Waals surface area contributed by atoms with Crippen molar-refractivity contribution in [2.75, 3.05) is 13.2 Å². The summed E-state index contributed by atoms with van der Waals surface area (Å²) in [5.41, 5.74) is 1.47. The first-order valence-electron chi connectivity index (χ1n) is 7.76. The molecular formula is C17H26BrNO. The Labute approximate surface area is 131 Å². The van der Waals surface area contributed by atoms with Crippen LogP contribution in [0.25, 0.3) is 0 Å². The van der Waals surface area contributed by atoms with Crippen LogP contribution < -0.4 is 5.32 Å². The Hall–Kier alpha value is -0.380. The molecule has 112 valence electrons. The minimum absolute atomic E-state index is 0.361. The van der Waals surface area contributed by atoms with Crippen LogP contribution in [0.15, 0.2) is 28.7 Å². The van der Waals surface area contributed by atoms with E-state index in [1.165, 1.54) is 29.3 Å². The summed E-state index contributed by atoms with van der Waals surface area (Å²) in [4.78, 5) is 0. The van der Waals surface area contributed by atoms with Gasteiger partial charge in [-0.05, 0) is 63.6 Å². The molecule has 2 nitrogen and oxygen atoms in total. The zero-order valence-corrected chi connectivity index (χ0v) is 14.2. The second-order valence-corrected chi connectivity index (χ2v) is 6.82. The predicted molar refractivity (Wildman–Crippen MR) is 88.2 cm³/mol. The Balaban J connectivity index is 1.55. The Bertz CT molecular complexity index is 402. The van der Waals surface area contributed by atoms with Crippen LogP contribution in [-0.2, 0) is 4.74 Å². The molecule has 0 aliphatic heterocycles. The summed E-state index contributed by atoms with van der Waals surface area (Å²) in [6.45, 7) is 6.20. The van der Waals surface area contributed by atoms with Gasteiger partial charge in [0.25, 0.3) is 0 Å². The lowest BCUT2D eigenvalue weighted by Crippen LogP contribution is -2.40. The molecule has 3 heteroatoms. The number of halogens is 1. The molecule has 1 aliphatic carbocycles. The zero-order valence-electron chi connectivity index (χ0n) is 12.6. The third kappa shape index (κ3) is 4.87. The van der Waals surface area contributed by atoms with E-state index in [9.17, 15) is 0 Å². The largest absolute Gasteiger partial charge is 0.379 e. The molecule has 0 aromatic heterocycles. The third-order valence-electron chi connectivity index (χ3n) is 3.94. The van der Waals surface area contributed by atoms with Gasteiger partial charge in [-0.15, -0.1) is 0 Å². The summed E-state index contributed by atoms with van der Waals surface area (Å²) >= 11 is 3.65. The number of hydrogen-bond donors (Lipinski definition) is 1. The highest BCUT2D eigenvalue weighted by molar-refractivity contribution is 9.10. The van der Waals surface area contributed by atoms with Crippen LogP contribution in [-0.4, -0.2) is 25.3 Å². The first kappa shape index (κ1) is 16.0. The summed E-state index contributed by atoms with van der Waals surface area (Å²) in [5.74, 6) is 0.729. The van der Waals surface area contributed by atoms with Crippen LogP contribution in [0.5, 0.6) is 0 Å². The molecule has 0 unspecified atom stereocenters. The molecule has 0 atom stereocenters. The fourth-order valence-corrected chi connectivity index (χ4v) is 3.31. The van der Waals surface area contributed by atoms with Crippen molar-refractivity contribution < 1.29 is 4.74 Å². The molecule has 1 fully saturated rings. The Kier molecular flexibility index (Phi) is 6.53. The Morgan fingerprint density at radius 3 is 2.70 bits per heavy atom. The Morgan fingerprint density at radius 1 is 1.25 bits per heavy atom. The van der Waals surface area contributed by atoms with E-state index in [1.807, 2.05) is 0 Å². The topological polar surface area (TPSA) is 21.3 Å². The van der Waals surface area contributed by atoms with Crippen molar-refractivity contribution in [2.45, 2.75) is 57.6 Å². The number of nitrogens with one attached hydrogen (secondary N) is 1. The Morgan fingerprint density at radius 2 is 2.00 bits per heavy atom. The lowest BCUT2D eigenvalue weighted by molar-refractivity contribution is 0.0757. The summed E-state index contributed by atoms with van der Waals surface area (Å²) in [5, 5.41) is 3.66. The highest BCUT2D eigenvalue weighted by atomic mass is 79.9. The van der Waals surface area contributed by atoms with E-state index >= 15 is 0 Å². The van der Waals surface area contributed by atoms with Gasteiger partial charge in [0, 0.05) is 17.1 Å². The number of unbranched alkanes of at least 4 members (excludes halogenated alkanes) is 1. The number of hydrogen-bond acceptors (Lipinski definition) is 2. The molecule has 1 aromatic rings. The van der Waals surface area contributed by atoms with Gasteiger partial charge in [0.1, 0.15) is 0 Å². The SMILES string of the molecule is CC(C)OCCCCNC1CC(c2ccccc2Br)C1. The highest BCUT2D eigenvalue weighted by Gasteiger charge is 2.30. The summed E-state index contributed by atoms with van der Waals surface area (Å²) < 4.78 is 6.80. The maximum atomic E-state index is 5.54. The molecule has 20 heavy (non-hydrogen) atoms. The van der Waals surface area contributed by atoms with E-state index in [-0.39, 0.29) is 0 Å². The number of ether oxygens (including phenoxy) is 1. The molecule has 1 aliphatic rings. The first-order valence-corrected chi connectivity index (χ1v) is 8.55. The van der Waals surface area contributed by atoms with E-state index in [0.717, 1.165) is 25.5 Å². The van der Waals surface area contributed by atoms with Gasteiger partial charge >= 0.3 is 0 Å². The number of benzene rings is 1. The van der Waals surface area contributed by atoms with Gasteiger partial charge in [-0.25, -0.2) is 0 Å². The standard InChI is InChI=1S/C17H26BrNO/c1-13(2)20-10-6-5-9-19-15-11-14(12-15)16-7-3-4-8-17(16)18/h3-4,7-8,13-15,19H,5-6,9-12H2,1-2H3. The lowest BCUT2D eigenvalue weighted by Gasteiger charge is -2.37. The van der Waals surface area contributed by atoms with E-state index < -0.39 is 0 Å². The van der Waals surface area contributed by atoms with Crippen molar-refractivity contribution in [3.63, 3.8) is 0 Å². The maximum absolute atomic E-state index is 5.54. The van der Waals surface area contributed by atoms with Gasteiger partial charge in [-0.3, -0.25) is 0 Å². The maximum Gasteiger partial charge on any atom is 0.0518 e. The van der Waals surface area contributed by atoms with E-state index in [0.29, 0.717) is 12.1 Å². The molecule has 1 N–H and O–H groups in total. The summed E-state index contributed by atoms with van der Waals surface area (Å²) in [6, 6.07) is 9.31. The second kappa shape index (κ2) is 8.16. The fourth-order valence-electron chi connectivity index (χ4n) is 2.70. The summed E-state index contributed by atoms with van der Waals surface area (Å²) in [7, 11) is 0. The molecule has 0 bridgehead atoms. The van der Waals surface area contributed by atoms with Gasteiger partial charge in [-0.1, -0.05) is 34.1 Å². The van der Waals surface area contributed by atoms with Crippen LogP contribution in [0.3, 0.4) is 0 Å². The van der Waals surface area contributed by atoms with Crippen molar-refractivity contribution >= 4 is 15.9 Å². The molecular weight excluding hydrogens is 314 g/mol. The normalized spacial score (nSPS) is 22.0. The predicted octanol–water partition coefficient (Wildman–Crippen LogP) is 4.49. The smallest absolute Gasteiger partial charge is 0.0518 e. The van der Waals surface area contributed by atoms with Crippen molar-refractivity contribution in [3.8, 4) is 0 Å². The van der Waals surface area contributed by atoms with E-state index in [2.05, 4.69) is 59.4 Å². The minimum atomic E-state index is 0.361. The highest BCUT2D eigenvalue weighted by Crippen LogP contribution is 2.39. The van der Waals surface area contributed by atoms with Crippen molar-refractivity contribution in [1.29, 1.82) is 0 Å². The fraction of sp³-hybridized carbons (Fsp3) is 0.647. The molecule has 1 saturated carbocycles. The quantitative estimate of drug-likeness (QED) is 0.704. The van der Waals surface area contributed by atoms with Crippen molar-refractivity contribution in [1.82, 2.24) is 5.32 Å². The molecule has 2 rings (SSSR count). The summed E-state index contributed by atoms with van der Waals surface area (Å²) in [6.07, 6.45) is 5.27. The first-order chi connectivity index (χ1) is 9.66. The van der Waals surface area contributed by atoms with Crippen LogP contribution in [0.4, 0.5) is 0 Å². The monoisotopic (exact) mass is 339 g/mol. The van der Waals surface area contributed by atoms with Crippen LogP contribution in [0.2, 0.25) is 0 Å². The van der Waals surface area contributed by atoms with Gasteiger partial charge in [0.05, 0.1) is 6.10 Å². The average molecular weight is 340 g/mol. The van der Waals surface area contributed by atoms with Crippen molar-refractivity contribution in [2.24, 2.45) is 0 Å². The van der Waals surface area contributed by atoms with Gasteiger partial charge < -0.3 is 10.1 Å². The second-order valence-electron chi connectivity index (χ2n) is 5.97. The van der Waals surface area contributed by atoms with Gasteiger partial charge in [0.2, 0.25) is 0 Å². The van der Waals surface area contributed by atoms with Crippen LogP contribution >= 0.6 is 15.9 Å². The van der Waals surface area contributed by atoms with Gasteiger partial charge in [0.15, 0.2) is 0 Å². The van der Waals surface area contributed by atoms with Crippen LogP contribution in [0.1, 0.15) is 51.0 Å². The lowest BCUT2D eigenvalue weighted by atomic mass is 9.76. The number of rotatable bonds is 8.